The third-order valence-electron chi connectivity index (χ3n) is 3.00. The third-order valence-corrected chi connectivity index (χ3v) is 3.39. The molecular weight excluding hydrogens is 203 g/mol. The van der Waals surface area contributed by atoms with Crippen molar-refractivity contribution >= 4 is 15.1 Å². The Hall–Kier alpha value is -0.620. The van der Waals surface area contributed by atoms with Gasteiger partial charge >= 0.3 is 0 Å². The fraction of sp³-hybridized carbons (Fsp3) is 0.583. The molecule has 0 N–H and O–H groups in total. The van der Waals surface area contributed by atoms with E-state index in [0.29, 0.717) is 5.66 Å². The van der Waals surface area contributed by atoms with Gasteiger partial charge in [-0.05, 0) is 36.6 Å². The van der Waals surface area contributed by atoms with E-state index < -0.39 is 0 Å². The van der Waals surface area contributed by atoms with Crippen LogP contribution < -0.4 is 4.90 Å². The first-order valence-electron chi connectivity index (χ1n) is 5.65. The summed E-state index contributed by atoms with van der Waals surface area (Å²) < 4.78 is 0. The summed E-state index contributed by atoms with van der Waals surface area (Å²) in [6.45, 7) is 6.68. The van der Waals surface area contributed by atoms with E-state index >= 15 is 0 Å². The summed E-state index contributed by atoms with van der Waals surface area (Å²) in [5.74, 6) is 1.18. The van der Waals surface area contributed by atoms with Crippen molar-refractivity contribution in [1.29, 1.82) is 0 Å². The maximum atomic E-state index is 4.59. The van der Waals surface area contributed by atoms with Crippen LogP contribution in [0.15, 0.2) is 12.3 Å². The second kappa shape index (κ2) is 4.49. The highest BCUT2D eigenvalue weighted by Gasteiger charge is 2.15. The van der Waals surface area contributed by atoms with Gasteiger partial charge in [0.15, 0.2) is 0 Å². The first kappa shape index (κ1) is 10.9. The van der Waals surface area contributed by atoms with E-state index in [1.807, 2.05) is 6.20 Å². The lowest BCUT2D eigenvalue weighted by molar-refractivity contribution is 0.919. The Bertz CT molecular complexity index is 343. The van der Waals surface area contributed by atoms with Crippen LogP contribution in [-0.2, 0) is 0 Å². The number of rotatable bonds is 2. The molecule has 2 atom stereocenters. The minimum atomic E-state index is 0.490. The van der Waals surface area contributed by atoms with Gasteiger partial charge < -0.3 is 4.90 Å². The Morgan fingerprint density at radius 3 is 2.60 bits per heavy atom. The monoisotopic (exact) mass is 222 g/mol. The average Bonchev–Trinajstić information content (AvgIpc) is 2.70. The van der Waals surface area contributed by atoms with Crippen LogP contribution in [0, 0.1) is 6.92 Å². The minimum absolute atomic E-state index is 0.490. The Kier molecular flexibility index (Phi) is 3.25. The van der Waals surface area contributed by atoms with Gasteiger partial charge in [0.2, 0.25) is 0 Å². The van der Waals surface area contributed by atoms with Gasteiger partial charge in [-0.1, -0.05) is 13.0 Å². The number of hydrogen-bond donors (Lipinski definition) is 0. The van der Waals surface area contributed by atoms with Gasteiger partial charge in [0.05, 0.1) is 0 Å². The fourth-order valence-corrected chi connectivity index (χ4v) is 2.28. The molecule has 1 aromatic heterocycles. The largest absolute Gasteiger partial charge is 0.356 e. The van der Waals surface area contributed by atoms with Crippen LogP contribution in [0.1, 0.15) is 36.6 Å². The zero-order chi connectivity index (χ0) is 10.8. The van der Waals surface area contributed by atoms with Crippen LogP contribution in [0.2, 0.25) is 0 Å². The summed E-state index contributed by atoms with van der Waals surface area (Å²) in [5.41, 5.74) is 3.10. The summed E-state index contributed by atoms with van der Waals surface area (Å²) in [6, 6.07) is 2.26. The van der Waals surface area contributed by atoms with Crippen molar-refractivity contribution in [2.24, 2.45) is 0 Å². The molecule has 0 bridgehead atoms. The summed E-state index contributed by atoms with van der Waals surface area (Å²) in [7, 11) is 2.82. The highest BCUT2D eigenvalue weighted by Crippen LogP contribution is 2.27. The van der Waals surface area contributed by atoms with Crippen molar-refractivity contribution < 1.29 is 0 Å². The molecule has 0 radical (unpaired) electrons. The van der Waals surface area contributed by atoms with Gasteiger partial charge in [0.1, 0.15) is 5.82 Å². The first-order chi connectivity index (χ1) is 7.18. The molecule has 2 rings (SSSR count). The predicted octanol–water partition coefficient (Wildman–Crippen LogP) is 2.93. The van der Waals surface area contributed by atoms with Gasteiger partial charge in [0, 0.05) is 19.3 Å². The lowest BCUT2D eigenvalue weighted by Gasteiger charge is -2.19. The highest BCUT2D eigenvalue weighted by molar-refractivity contribution is 7.17. The SMILES string of the molecule is Cc1cc(C(C)P)cnc1N1CCCC1. The zero-order valence-electron chi connectivity index (χ0n) is 9.53. The van der Waals surface area contributed by atoms with Crippen molar-refractivity contribution in [3.8, 4) is 0 Å². The van der Waals surface area contributed by atoms with Crippen molar-refractivity contribution in [3.05, 3.63) is 23.4 Å². The van der Waals surface area contributed by atoms with Crippen LogP contribution in [0.4, 0.5) is 5.82 Å². The number of nitrogens with zero attached hydrogens (tertiary/aromatic N) is 2. The quantitative estimate of drug-likeness (QED) is 0.715. The standard InChI is InChI=1S/C12H19N2P/c1-9-7-11(10(2)15)8-13-12(9)14-5-3-4-6-14/h7-8,10H,3-6,15H2,1-2H3. The normalized spacial score (nSPS) is 18.2. The lowest BCUT2D eigenvalue weighted by Crippen LogP contribution is -2.20. The number of aryl methyl sites for hydroxylation is 1. The molecule has 0 aromatic carbocycles. The molecule has 3 heteroatoms. The van der Waals surface area contributed by atoms with Crippen molar-refractivity contribution in [1.82, 2.24) is 4.98 Å². The first-order valence-corrected chi connectivity index (χ1v) is 6.32. The van der Waals surface area contributed by atoms with Gasteiger partial charge in [-0.3, -0.25) is 0 Å². The average molecular weight is 222 g/mol. The van der Waals surface area contributed by atoms with Gasteiger partial charge in [-0.2, -0.15) is 0 Å². The van der Waals surface area contributed by atoms with E-state index in [4.69, 9.17) is 0 Å². The predicted molar refractivity (Wildman–Crippen MR) is 68.5 cm³/mol. The molecule has 0 aliphatic carbocycles. The van der Waals surface area contributed by atoms with E-state index in [-0.39, 0.29) is 0 Å². The maximum absolute atomic E-state index is 4.59. The number of anilines is 1. The van der Waals surface area contributed by atoms with Crippen LogP contribution in [-0.4, -0.2) is 18.1 Å². The molecule has 0 amide bonds. The minimum Gasteiger partial charge on any atom is -0.356 e. The van der Waals surface area contributed by atoms with Crippen LogP contribution in [0.3, 0.4) is 0 Å². The highest BCUT2D eigenvalue weighted by atomic mass is 31.0. The van der Waals surface area contributed by atoms with Crippen molar-refractivity contribution in [3.63, 3.8) is 0 Å². The Balaban J connectivity index is 2.25. The summed E-state index contributed by atoms with van der Waals surface area (Å²) in [5, 5.41) is 0. The topological polar surface area (TPSA) is 16.1 Å². The molecule has 0 saturated carbocycles. The van der Waals surface area contributed by atoms with Crippen molar-refractivity contribution in [2.45, 2.75) is 32.3 Å². The van der Waals surface area contributed by atoms with E-state index in [9.17, 15) is 0 Å². The Morgan fingerprint density at radius 2 is 2.07 bits per heavy atom. The molecule has 2 unspecified atom stereocenters. The van der Waals surface area contributed by atoms with E-state index in [1.54, 1.807) is 0 Å². The molecule has 2 heterocycles. The number of pyridine rings is 1. The number of aromatic nitrogens is 1. The van der Waals surface area contributed by atoms with Gasteiger partial charge in [-0.25, -0.2) is 4.98 Å². The molecule has 1 aromatic rings. The number of hydrogen-bond acceptors (Lipinski definition) is 2. The van der Waals surface area contributed by atoms with Gasteiger partial charge in [0.25, 0.3) is 0 Å². The molecule has 1 aliphatic rings. The van der Waals surface area contributed by atoms with E-state index in [1.165, 1.54) is 42.9 Å². The second-order valence-electron chi connectivity index (χ2n) is 4.39. The Morgan fingerprint density at radius 1 is 1.40 bits per heavy atom. The zero-order valence-corrected chi connectivity index (χ0v) is 10.7. The fourth-order valence-electron chi connectivity index (χ4n) is 2.10. The maximum Gasteiger partial charge on any atom is 0.131 e. The smallest absolute Gasteiger partial charge is 0.131 e. The van der Waals surface area contributed by atoms with Crippen LogP contribution >= 0.6 is 9.24 Å². The lowest BCUT2D eigenvalue weighted by atomic mass is 10.1. The molecule has 15 heavy (non-hydrogen) atoms. The molecule has 1 fully saturated rings. The second-order valence-corrected chi connectivity index (χ2v) is 5.39. The summed E-state index contributed by atoms with van der Waals surface area (Å²) >= 11 is 0. The third kappa shape index (κ3) is 2.31. The van der Waals surface area contributed by atoms with Crippen LogP contribution in [0.5, 0.6) is 0 Å². The summed E-state index contributed by atoms with van der Waals surface area (Å²) in [4.78, 5) is 6.99. The Labute approximate surface area is 94.3 Å². The molecule has 2 nitrogen and oxygen atoms in total. The molecule has 1 saturated heterocycles. The summed E-state index contributed by atoms with van der Waals surface area (Å²) in [6.07, 6.45) is 4.63. The molecule has 1 aliphatic heterocycles. The van der Waals surface area contributed by atoms with E-state index in [2.05, 4.69) is 39.0 Å². The van der Waals surface area contributed by atoms with Gasteiger partial charge in [-0.15, -0.1) is 9.24 Å². The molecule has 82 valence electrons. The van der Waals surface area contributed by atoms with Crippen LogP contribution in [0.25, 0.3) is 0 Å². The molecular formula is C12H19N2P. The van der Waals surface area contributed by atoms with Crippen molar-refractivity contribution in [2.75, 3.05) is 18.0 Å². The molecule has 0 spiro atoms. The van der Waals surface area contributed by atoms with E-state index in [0.717, 1.165) is 0 Å².